The van der Waals surface area contributed by atoms with Gasteiger partial charge in [0.05, 0.1) is 13.2 Å². The minimum absolute atomic E-state index is 0.225. The van der Waals surface area contributed by atoms with E-state index in [0.717, 1.165) is 19.6 Å². The SMILES string of the molecule is CC1CC2(OCCO2)C2CCCCC2N1C. The maximum absolute atomic E-state index is 6.02. The second-order valence-corrected chi connectivity index (χ2v) is 5.69. The zero-order valence-electron chi connectivity index (χ0n) is 10.4. The van der Waals surface area contributed by atoms with E-state index < -0.39 is 0 Å². The highest BCUT2D eigenvalue weighted by Gasteiger charge is 2.54. The first-order valence-electron chi connectivity index (χ1n) is 6.73. The lowest BCUT2D eigenvalue weighted by Gasteiger charge is -2.53. The van der Waals surface area contributed by atoms with Crippen molar-refractivity contribution in [1.29, 1.82) is 0 Å². The number of nitrogens with zero attached hydrogens (tertiary/aromatic N) is 1. The molecular formula is C13H23NO2. The van der Waals surface area contributed by atoms with E-state index in [1.54, 1.807) is 0 Å². The molecule has 3 unspecified atom stereocenters. The van der Waals surface area contributed by atoms with E-state index in [1.807, 2.05) is 0 Å². The topological polar surface area (TPSA) is 21.7 Å². The maximum atomic E-state index is 6.02. The molecule has 3 fully saturated rings. The molecule has 3 heteroatoms. The third-order valence-corrected chi connectivity index (χ3v) is 4.87. The van der Waals surface area contributed by atoms with Crippen molar-refractivity contribution in [2.75, 3.05) is 20.3 Å². The molecule has 0 N–H and O–H groups in total. The van der Waals surface area contributed by atoms with Gasteiger partial charge in [-0.05, 0) is 26.8 Å². The van der Waals surface area contributed by atoms with Gasteiger partial charge in [0, 0.05) is 24.4 Å². The van der Waals surface area contributed by atoms with Crippen LogP contribution in [0.3, 0.4) is 0 Å². The summed E-state index contributed by atoms with van der Waals surface area (Å²) in [5.74, 6) is 0.377. The number of piperidine rings is 1. The average molecular weight is 225 g/mol. The standard InChI is InChI=1S/C13H23NO2/c1-10-9-13(15-7-8-16-13)11-5-3-4-6-12(11)14(10)2/h10-12H,3-9H2,1-2H3. The zero-order chi connectivity index (χ0) is 11.2. The molecule has 92 valence electrons. The van der Waals surface area contributed by atoms with Crippen LogP contribution < -0.4 is 0 Å². The predicted molar refractivity (Wildman–Crippen MR) is 62.2 cm³/mol. The number of likely N-dealkylation sites (tertiary alicyclic amines) is 1. The van der Waals surface area contributed by atoms with Crippen LogP contribution in [0.2, 0.25) is 0 Å². The third kappa shape index (κ3) is 1.52. The molecule has 16 heavy (non-hydrogen) atoms. The van der Waals surface area contributed by atoms with Gasteiger partial charge < -0.3 is 14.4 Å². The van der Waals surface area contributed by atoms with Crippen molar-refractivity contribution in [3.63, 3.8) is 0 Å². The summed E-state index contributed by atoms with van der Waals surface area (Å²) in [7, 11) is 2.27. The Bertz CT molecular complexity index is 263. The van der Waals surface area contributed by atoms with Gasteiger partial charge in [-0.3, -0.25) is 0 Å². The van der Waals surface area contributed by atoms with Gasteiger partial charge in [0.2, 0.25) is 0 Å². The van der Waals surface area contributed by atoms with E-state index in [2.05, 4.69) is 18.9 Å². The molecule has 0 bridgehead atoms. The van der Waals surface area contributed by atoms with Crippen molar-refractivity contribution < 1.29 is 9.47 Å². The molecule has 1 aliphatic carbocycles. The van der Waals surface area contributed by atoms with E-state index in [-0.39, 0.29) is 5.79 Å². The second kappa shape index (κ2) is 3.97. The van der Waals surface area contributed by atoms with E-state index in [0.29, 0.717) is 18.0 Å². The predicted octanol–water partition coefficient (Wildman–Crippen LogP) is 2.01. The molecule has 3 atom stereocenters. The van der Waals surface area contributed by atoms with Gasteiger partial charge >= 0.3 is 0 Å². The fraction of sp³-hybridized carbons (Fsp3) is 1.00. The first-order chi connectivity index (χ1) is 7.73. The van der Waals surface area contributed by atoms with Crippen molar-refractivity contribution in [3.8, 4) is 0 Å². The number of rotatable bonds is 0. The summed E-state index contributed by atoms with van der Waals surface area (Å²) in [6, 6.07) is 1.26. The maximum Gasteiger partial charge on any atom is 0.174 e. The highest BCUT2D eigenvalue weighted by atomic mass is 16.7. The monoisotopic (exact) mass is 225 g/mol. The van der Waals surface area contributed by atoms with Gasteiger partial charge in [-0.1, -0.05) is 12.8 Å². The van der Waals surface area contributed by atoms with Crippen LogP contribution in [0, 0.1) is 5.92 Å². The average Bonchev–Trinajstić information content (AvgIpc) is 2.76. The van der Waals surface area contributed by atoms with Crippen LogP contribution in [0.25, 0.3) is 0 Å². The fourth-order valence-corrected chi connectivity index (χ4v) is 3.95. The largest absolute Gasteiger partial charge is 0.347 e. The molecule has 0 aromatic heterocycles. The van der Waals surface area contributed by atoms with Crippen LogP contribution in [-0.2, 0) is 9.47 Å². The number of hydrogen-bond acceptors (Lipinski definition) is 3. The molecule has 1 spiro atoms. The molecular weight excluding hydrogens is 202 g/mol. The molecule has 1 saturated carbocycles. The Kier molecular flexibility index (Phi) is 2.73. The lowest BCUT2D eigenvalue weighted by Crippen LogP contribution is -2.61. The molecule has 3 nitrogen and oxygen atoms in total. The Morgan fingerprint density at radius 2 is 1.81 bits per heavy atom. The Labute approximate surface area is 98.1 Å². The van der Waals surface area contributed by atoms with Gasteiger partial charge in [0.1, 0.15) is 0 Å². The Morgan fingerprint density at radius 1 is 1.12 bits per heavy atom. The first-order valence-corrected chi connectivity index (χ1v) is 6.73. The molecule has 2 aliphatic heterocycles. The molecule has 2 saturated heterocycles. The van der Waals surface area contributed by atoms with Crippen molar-refractivity contribution >= 4 is 0 Å². The van der Waals surface area contributed by atoms with Gasteiger partial charge in [-0.15, -0.1) is 0 Å². The number of hydrogen-bond donors (Lipinski definition) is 0. The van der Waals surface area contributed by atoms with Crippen LogP contribution in [0.5, 0.6) is 0 Å². The highest BCUT2D eigenvalue weighted by molar-refractivity contribution is 5.00. The minimum Gasteiger partial charge on any atom is -0.347 e. The summed E-state index contributed by atoms with van der Waals surface area (Å²) >= 11 is 0. The summed E-state index contributed by atoms with van der Waals surface area (Å²) in [6.45, 7) is 3.89. The summed E-state index contributed by atoms with van der Waals surface area (Å²) in [6.07, 6.45) is 6.36. The summed E-state index contributed by atoms with van der Waals surface area (Å²) in [4.78, 5) is 2.56. The lowest BCUT2D eigenvalue weighted by atomic mass is 9.73. The quantitative estimate of drug-likeness (QED) is 0.629. The van der Waals surface area contributed by atoms with Crippen LogP contribution in [-0.4, -0.2) is 43.0 Å². The third-order valence-electron chi connectivity index (χ3n) is 4.87. The molecule has 3 aliphatic rings. The summed E-state index contributed by atoms with van der Waals surface area (Å²) < 4.78 is 12.0. The van der Waals surface area contributed by atoms with Crippen molar-refractivity contribution in [3.05, 3.63) is 0 Å². The smallest absolute Gasteiger partial charge is 0.174 e. The van der Waals surface area contributed by atoms with Crippen molar-refractivity contribution in [1.82, 2.24) is 4.90 Å². The van der Waals surface area contributed by atoms with E-state index in [4.69, 9.17) is 9.47 Å². The summed E-state index contributed by atoms with van der Waals surface area (Å²) in [5, 5.41) is 0. The Balaban J connectivity index is 1.88. The summed E-state index contributed by atoms with van der Waals surface area (Å²) in [5.41, 5.74) is 0. The van der Waals surface area contributed by atoms with Crippen LogP contribution in [0.15, 0.2) is 0 Å². The normalized spacial score (nSPS) is 43.5. The molecule has 3 rings (SSSR count). The molecule has 0 radical (unpaired) electrons. The molecule has 2 heterocycles. The van der Waals surface area contributed by atoms with Crippen LogP contribution in [0.1, 0.15) is 39.0 Å². The van der Waals surface area contributed by atoms with E-state index in [9.17, 15) is 0 Å². The molecule has 0 amide bonds. The number of ether oxygens (including phenoxy) is 2. The highest BCUT2D eigenvalue weighted by Crippen LogP contribution is 2.47. The fourth-order valence-electron chi connectivity index (χ4n) is 3.95. The van der Waals surface area contributed by atoms with E-state index >= 15 is 0 Å². The van der Waals surface area contributed by atoms with Gasteiger partial charge in [-0.2, -0.15) is 0 Å². The Hall–Kier alpha value is -0.120. The van der Waals surface area contributed by atoms with Crippen molar-refractivity contribution in [2.24, 2.45) is 5.92 Å². The lowest BCUT2D eigenvalue weighted by molar-refractivity contribution is -0.249. The minimum atomic E-state index is -0.225. The first kappa shape index (κ1) is 11.0. The Morgan fingerprint density at radius 3 is 2.56 bits per heavy atom. The second-order valence-electron chi connectivity index (χ2n) is 5.69. The van der Waals surface area contributed by atoms with Gasteiger partial charge in [-0.25, -0.2) is 0 Å². The zero-order valence-corrected chi connectivity index (χ0v) is 10.4. The van der Waals surface area contributed by atoms with Gasteiger partial charge in [0.15, 0.2) is 5.79 Å². The molecule has 0 aromatic carbocycles. The molecule has 0 aromatic rings. The van der Waals surface area contributed by atoms with E-state index in [1.165, 1.54) is 25.7 Å². The van der Waals surface area contributed by atoms with Gasteiger partial charge in [0.25, 0.3) is 0 Å². The number of fused-ring (bicyclic) bond motifs is 2. The van der Waals surface area contributed by atoms with Crippen LogP contribution >= 0.6 is 0 Å². The van der Waals surface area contributed by atoms with Crippen LogP contribution in [0.4, 0.5) is 0 Å². The van der Waals surface area contributed by atoms with Crippen molar-refractivity contribution in [2.45, 2.75) is 56.9 Å².